The van der Waals surface area contributed by atoms with Crippen molar-refractivity contribution in [2.24, 2.45) is 0 Å². The molecule has 0 fully saturated rings. The van der Waals surface area contributed by atoms with Gasteiger partial charge in [0.05, 0.1) is 16.8 Å². The molecule has 1 aliphatic heterocycles. The Labute approximate surface area is 168 Å². The standard InChI is InChI=1S/C20H17Cl2N3S/c21-15-9-7-14(8-10-15)19-18-6-3-11-24(18)12-13-25(19)20(26)23-17-5-2-1-4-16(17)22/h1-11,19H,12-13H2,(H,23,26). The number of halogens is 2. The van der Waals surface area contributed by atoms with Gasteiger partial charge in [-0.3, -0.25) is 0 Å². The summed E-state index contributed by atoms with van der Waals surface area (Å²) in [5.74, 6) is 0. The number of nitrogens with one attached hydrogen (secondary N) is 1. The molecule has 3 aromatic rings. The van der Waals surface area contributed by atoms with Crippen LogP contribution in [0, 0.1) is 0 Å². The molecule has 2 heterocycles. The molecule has 4 rings (SSSR count). The number of benzene rings is 2. The number of para-hydroxylation sites is 1. The van der Waals surface area contributed by atoms with Gasteiger partial charge >= 0.3 is 0 Å². The van der Waals surface area contributed by atoms with Crippen LogP contribution in [-0.2, 0) is 6.54 Å². The van der Waals surface area contributed by atoms with E-state index in [-0.39, 0.29) is 6.04 Å². The summed E-state index contributed by atoms with van der Waals surface area (Å²) in [6.07, 6.45) is 2.11. The number of hydrogen-bond donors (Lipinski definition) is 1. The molecule has 1 N–H and O–H groups in total. The van der Waals surface area contributed by atoms with Gasteiger partial charge in [-0.25, -0.2) is 0 Å². The predicted octanol–water partition coefficient (Wildman–Crippen LogP) is 5.60. The number of thiocarbonyl (C=S) groups is 1. The molecule has 0 bridgehead atoms. The molecule has 3 nitrogen and oxygen atoms in total. The summed E-state index contributed by atoms with van der Waals surface area (Å²) in [7, 11) is 0. The summed E-state index contributed by atoms with van der Waals surface area (Å²) in [5.41, 5.74) is 3.18. The lowest BCUT2D eigenvalue weighted by atomic mass is 10.0. The first-order chi connectivity index (χ1) is 12.6. The van der Waals surface area contributed by atoms with Crippen LogP contribution in [0.5, 0.6) is 0 Å². The molecule has 1 atom stereocenters. The third-order valence-electron chi connectivity index (χ3n) is 4.60. The van der Waals surface area contributed by atoms with Gasteiger partial charge in [-0.15, -0.1) is 0 Å². The lowest BCUT2D eigenvalue weighted by Gasteiger charge is -2.39. The number of anilines is 1. The molecular formula is C20H17Cl2N3S. The minimum atomic E-state index is 0.0264. The number of nitrogens with zero attached hydrogens (tertiary/aromatic N) is 2. The van der Waals surface area contributed by atoms with Gasteiger partial charge in [-0.2, -0.15) is 0 Å². The zero-order chi connectivity index (χ0) is 18.1. The van der Waals surface area contributed by atoms with Crippen molar-refractivity contribution in [3.05, 3.63) is 88.2 Å². The second-order valence-electron chi connectivity index (χ2n) is 6.18. The van der Waals surface area contributed by atoms with Crippen molar-refractivity contribution in [3.8, 4) is 0 Å². The summed E-state index contributed by atoms with van der Waals surface area (Å²) in [6.45, 7) is 1.70. The highest BCUT2D eigenvalue weighted by Gasteiger charge is 2.30. The predicted molar refractivity (Wildman–Crippen MR) is 112 cm³/mol. The van der Waals surface area contributed by atoms with E-state index in [1.807, 2.05) is 36.4 Å². The fourth-order valence-corrected chi connectivity index (χ4v) is 3.96. The van der Waals surface area contributed by atoms with Gasteiger partial charge in [-0.05, 0) is 54.2 Å². The van der Waals surface area contributed by atoms with Crippen LogP contribution in [0.1, 0.15) is 17.3 Å². The fourth-order valence-electron chi connectivity index (χ4n) is 3.35. The van der Waals surface area contributed by atoms with Crippen molar-refractivity contribution in [1.82, 2.24) is 9.47 Å². The van der Waals surface area contributed by atoms with Crippen LogP contribution in [0.15, 0.2) is 66.9 Å². The van der Waals surface area contributed by atoms with Crippen LogP contribution in [0.25, 0.3) is 0 Å². The number of aromatic nitrogens is 1. The Kier molecular flexibility index (Phi) is 4.90. The maximum absolute atomic E-state index is 6.28. The van der Waals surface area contributed by atoms with Crippen molar-refractivity contribution < 1.29 is 0 Å². The van der Waals surface area contributed by atoms with Crippen LogP contribution in [0.3, 0.4) is 0 Å². The van der Waals surface area contributed by atoms with Crippen LogP contribution in [0.2, 0.25) is 10.0 Å². The Morgan fingerprint density at radius 3 is 2.50 bits per heavy atom. The van der Waals surface area contributed by atoms with Gasteiger partial charge in [0.1, 0.15) is 0 Å². The van der Waals surface area contributed by atoms with Gasteiger partial charge in [0.25, 0.3) is 0 Å². The van der Waals surface area contributed by atoms with Crippen molar-refractivity contribution >= 4 is 46.2 Å². The van der Waals surface area contributed by atoms with E-state index >= 15 is 0 Å². The molecule has 0 saturated heterocycles. The van der Waals surface area contributed by atoms with Gasteiger partial charge in [0.15, 0.2) is 5.11 Å². The first-order valence-corrected chi connectivity index (χ1v) is 9.52. The summed E-state index contributed by atoms with van der Waals surface area (Å²) in [6, 6.07) is 19.8. The van der Waals surface area contributed by atoms with E-state index in [0.717, 1.165) is 29.4 Å². The van der Waals surface area contributed by atoms with Crippen molar-refractivity contribution in [1.29, 1.82) is 0 Å². The molecule has 0 radical (unpaired) electrons. The quantitative estimate of drug-likeness (QED) is 0.564. The summed E-state index contributed by atoms with van der Waals surface area (Å²) < 4.78 is 2.27. The molecule has 26 heavy (non-hydrogen) atoms. The highest BCUT2D eigenvalue weighted by Crippen LogP contribution is 2.34. The van der Waals surface area contributed by atoms with Crippen LogP contribution >= 0.6 is 35.4 Å². The molecular weight excluding hydrogens is 385 g/mol. The van der Waals surface area contributed by atoms with E-state index < -0.39 is 0 Å². The van der Waals surface area contributed by atoms with Gasteiger partial charge in [0.2, 0.25) is 0 Å². The molecule has 0 spiro atoms. The van der Waals surface area contributed by atoms with E-state index in [0.29, 0.717) is 10.1 Å². The first-order valence-electron chi connectivity index (χ1n) is 8.36. The third-order valence-corrected chi connectivity index (χ3v) is 5.52. The fraction of sp³-hybridized carbons (Fsp3) is 0.150. The first kappa shape index (κ1) is 17.4. The zero-order valence-corrected chi connectivity index (χ0v) is 16.2. The maximum Gasteiger partial charge on any atom is 0.174 e. The lowest BCUT2D eigenvalue weighted by molar-refractivity contribution is 0.293. The summed E-state index contributed by atoms with van der Waals surface area (Å²) in [4.78, 5) is 2.21. The normalized spacial score (nSPS) is 16.2. The van der Waals surface area contributed by atoms with E-state index in [1.165, 1.54) is 5.69 Å². The van der Waals surface area contributed by atoms with Crippen molar-refractivity contribution in [2.45, 2.75) is 12.6 Å². The van der Waals surface area contributed by atoms with E-state index in [2.05, 4.69) is 45.2 Å². The third kappa shape index (κ3) is 3.32. The Morgan fingerprint density at radius 1 is 0.962 bits per heavy atom. The summed E-state index contributed by atoms with van der Waals surface area (Å²) >= 11 is 18.1. The van der Waals surface area contributed by atoms with E-state index in [4.69, 9.17) is 35.4 Å². The minimum absolute atomic E-state index is 0.0264. The van der Waals surface area contributed by atoms with Crippen molar-refractivity contribution in [3.63, 3.8) is 0 Å². The molecule has 1 unspecified atom stereocenters. The van der Waals surface area contributed by atoms with Crippen LogP contribution in [0.4, 0.5) is 5.69 Å². The maximum atomic E-state index is 6.28. The van der Waals surface area contributed by atoms with Crippen molar-refractivity contribution in [2.75, 3.05) is 11.9 Å². The van der Waals surface area contributed by atoms with Crippen LogP contribution < -0.4 is 5.32 Å². The van der Waals surface area contributed by atoms with Gasteiger partial charge < -0.3 is 14.8 Å². The Bertz CT molecular complexity index is 936. The lowest BCUT2D eigenvalue weighted by Crippen LogP contribution is -2.44. The average molecular weight is 402 g/mol. The molecule has 0 saturated carbocycles. The van der Waals surface area contributed by atoms with Gasteiger partial charge in [-0.1, -0.05) is 47.5 Å². The monoisotopic (exact) mass is 401 g/mol. The SMILES string of the molecule is S=C(Nc1ccccc1Cl)N1CCn2cccc2C1c1ccc(Cl)cc1. The molecule has 0 amide bonds. The number of hydrogen-bond acceptors (Lipinski definition) is 1. The molecule has 1 aliphatic rings. The smallest absolute Gasteiger partial charge is 0.174 e. The second kappa shape index (κ2) is 7.31. The minimum Gasteiger partial charge on any atom is -0.348 e. The van der Waals surface area contributed by atoms with Crippen LogP contribution in [-0.4, -0.2) is 21.1 Å². The molecule has 0 aliphatic carbocycles. The van der Waals surface area contributed by atoms with E-state index in [9.17, 15) is 0 Å². The number of rotatable bonds is 2. The topological polar surface area (TPSA) is 20.2 Å². The summed E-state index contributed by atoms with van der Waals surface area (Å²) in [5, 5.41) is 5.34. The molecule has 6 heteroatoms. The number of fused-ring (bicyclic) bond motifs is 1. The zero-order valence-electron chi connectivity index (χ0n) is 13.9. The second-order valence-corrected chi connectivity index (χ2v) is 7.41. The largest absolute Gasteiger partial charge is 0.348 e. The van der Waals surface area contributed by atoms with Gasteiger partial charge in [0, 0.05) is 30.0 Å². The Hall–Kier alpha value is -2.01. The average Bonchev–Trinajstić information content (AvgIpc) is 3.12. The molecule has 2 aromatic carbocycles. The van der Waals surface area contributed by atoms with E-state index in [1.54, 1.807) is 0 Å². The highest BCUT2D eigenvalue weighted by atomic mass is 35.5. The Balaban J connectivity index is 1.68. The molecule has 132 valence electrons. The highest BCUT2D eigenvalue weighted by molar-refractivity contribution is 7.80. The molecule has 1 aromatic heterocycles. The Morgan fingerprint density at radius 2 is 1.73 bits per heavy atom.